The Bertz CT molecular complexity index is 559. The van der Waals surface area contributed by atoms with Crippen LogP contribution in [0.5, 0.6) is 0 Å². The number of carbonyl (C=O) groups is 2. The minimum absolute atomic E-state index is 0.221. The fourth-order valence-corrected chi connectivity index (χ4v) is 2.97. The second kappa shape index (κ2) is 8.99. The molecule has 0 amide bonds. The smallest absolute Gasteiger partial charge is 0.323 e. The lowest BCUT2D eigenvalue weighted by molar-refractivity contribution is -0.156. The van der Waals surface area contributed by atoms with Gasteiger partial charge >= 0.3 is 11.9 Å². The van der Waals surface area contributed by atoms with Gasteiger partial charge < -0.3 is 9.47 Å². The average molecular weight is 347 g/mol. The van der Waals surface area contributed by atoms with E-state index in [1.54, 1.807) is 0 Å². The third-order valence-corrected chi connectivity index (χ3v) is 4.12. The minimum atomic E-state index is -0.506. The zero-order chi connectivity index (χ0) is 18.3. The summed E-state index contributed by atoms with van der Waals surface area (Å²) in [6.07, 6.45) is 2.81. The summed E-state index contributed by atoms with van der Waals surface area (Å²) < 4.78 is 10.9. The van der Waals surface area contributed by atoms with E-state index in [9.17, 15) is 9.59 Å². The van der Waals surface area contributed by atoms with Crippen molar-refractivity contribution in [2.45, 2.75) is 64.7 Å². The Balaban J connectivity index is 1.90. The molecular formula is C20H29NO4. The molecule has 0 radical (unpaired) electrons. The molecule has 1 unspecified atom stereocenters. The molecule has 0 N–H and O–H groups in total. The maximum absolute atomic E-state index is 12.6. The van der Waals surface area contributed by atoms with Gasteiger partial charge in [-0.25, -0.2) is 0 Å². The monoisotopic (exact) mass is 347 g/mol. The van der Waals surface area contributed by atoms with E-state index < -0.39 is 5.60 Å². The third kappa shape index (κ3) is 6.86. The van der Waals surface area contributed by atoms with Gasteiger partial charge in [-0.3, -0.25) is 14.5 Å². The Morgan fingerprint density at radius 1 is 1.12 bits per heavy atom. The molecule has 1 saturated heterocycles. The number of nitrogens with zero attached hydrogens (tertiary/aromatic N) is 1. The van der Waals surface area contributed by atoms with Crippen molar-refractivity contribution in [3.63, 3.8) is 0 Å². The molecule has 1 aliphatic rings. The van der Waals surface area contributed by atoms with Crippen LogP contribution >= 0.6 is 0 Å². The average Bonchev–Trinajstić information content (AvgIpc) is 3.06. The first-order valence-corrected chi connectivity index (χ1v) is 9.01. The largest absolute Gasteiger partial charge is 0.460 e. The molecule has 0 aliphatic carbocycles. The van der Waals surface area contributed by atoms with Gasteiger partial charge in [-0.2, -0.15) is 0 Å². The first-order valence-electron chi connectivity index (χ1n) is 9.01. The second-order valence-corrected chi connectivity index (χ2v) is 7.48. The van der Waals surface area contributed by atoms with Gasteiger partial charge in [0.25, 0.3) is 0 Å². The van der Waals surface area contributed by atoms with E-state index in [1.165, 1.54) is 0 Å². The number of carbonyl (C=O) groups excluding carboxylic acids is 2. The fourth-order valence-electron chi connectivity index (χ4n) is 2.97. The van der Waals surface area contributed by atoms with Crippen LogP contribution in [-0.4, -0.2) is 41.6 Å². The number of esters is 2. The fraction of sp³-hybridized carbons (Fsp3) is 0.600. The molecule has 138 valence electrons. The number of likely N-dealkylation sites (tertiary alicyclic amines) is 1. The highest BCUT2D eigenvalue weighted by molar-refractivity contribution is 5.77. The summed E-state index contributed by atoms with van der Waals surface area (Å²) in [5.41, 5.74) is 0.455. The molecule has 0 saturated carbocycles. The zero-order valence-electron chi connectivity index (χ0n) is 15.5. The van der Waals surface area contributed by atoms with Crippen LogP contribution in [0.2, 0.25) is 0 Å². The molecule has 5 nitrogen and oxygen atoms in total. The van der Waals surface area contributed by atoms with E-state index in [0.29, 0.717) is 6.42 Å². The summed E-state index contributed by atoms with van der Waals surface area (Å²) in [5.74, 6) is -0.526. The highest BCUT2D eigenvalue weighted by Crippen LogP contribution is 2.19. The number of hydrogen-bond donors (Lipinski definition) is 0. The Morgan fingerprint density at radius 3 is 2.36 bits per heavy atom. The van der Waals surface area contributed by atoms with Gasteiger partial charge in [-0.05, 0) is 58.7 Å². The molecule has 0 bridgehead atoms. The van der Waals surface area contributed by atoms with Gasteiger partial charge in [0, 0.05) is 6.42 Å². The van der Waals surface area contributed by atoms with Crippen LogP contribution in [0, 0.1) is 0 Å². The summed E-state index contributed by atoms with van der Waals surface area (Å²) in [7, 11) is 0. The molecule has 1 heterocycles. The molecule has 1 aromatic carbocycles. The van der Waals surface area contributed by atoms with Crippen molar-refractivity contribution < 1.29 is 19.1 Å². The van der Waals surface area contributed by atoms with E-state index in [-0.39, 0.29) is 31.0 Å². The predicted octanol–water partition coefficient (Wildman–Crippen LogP) is 3.32. The van der Waals surface area contributed by atoms with E-state index in [1.807, 2.05) is 51.1 Å². The lowest BCUT2D eigenvalue weighted by Gasteiger charge is -2.26. The maximum atomic E-state index is 12.6. The number of benzene rings is 1. The standard InChI is InChI=1S/C20H29NO4/c1-20(2,3)25-18(22)12-11-17(21-13-7-8-14-21)19(23)24-15-16-9-5-4-6-10-16/h4-6,9-10,17H,7-8,11-15H2,1-3H3. The summed E-state index contributed by atoms with van der Waals surface area (Å²) in [6.45, 7) is 7.54. The van der Waals surface area contributed by atoms with Gasteiger partial charge in [-0.1, -0.05) is 30.3 Å². The van der Waals surface area contributed by atoms with Gasteiger partial charge in [-0.15, -0.1) is 0 Å². The van der Waals surface area contributed by atoms with Crippen molar-refractivity contribution >= 4 is 11.9 Å². The van der Waals surface area contributed by atoms with Crippen molar-refractivity contribution in [1.82, 2.24) is 4.90 Å². The summed E-state index contributed by atoms with van der Waals surface area (Å²) in [5, 5.41) is 0. The van der Waals surface area contributed by atoms with Crippen LogP contribution in [0.15, 0.2) is 30.3 Å². The van der Waals surface area contributed by atoms with Crippen LogP contribution in [0.25, 0.3) is 0 Å². The highest BCUT2D eigenvalue weighted by atomic mass is 16.6. The van der Waals surface area contributed by atoms with Crippen LogP contribution in [-0.2, 0) is 25.7 Å². The maximum Gasteiger partial charge on any atom is 0.323 e. The van der Waals surface area contributed by atoms with E-state index in [0.717, 1.165) is 31.5 Å². The summed E-state index contributed by atoms with van der Waals surface area (Å²) in [4.78, 5) is 26.7. The molecule has 0 spiro atoms. The predicted molar refractivity (Wildman–Crippen MR) is 95.9 cm³/mol. The van der Waals surface area contributed by atoms with Crippen molar-refractivity contribution in [2.75, 3.05) is 13.1 Å². The Hall–Kier alpha value is -1.88. The number of ether oxygens (including phenoxy) is 2. The normalized spacial score (nSPS) is 16.4. The third-order valence-electron chi connectivity index (χ3n) is 4.12. The highest BCUT2D eigenvalue weighted by Gasteiger charge is 2.30. The number of rotatable bonds is 7. The van der Waals surface area contributed by atoms with Crippen LogP contribution in [0.3, 0.4) is 0 Å². The topological polar surface area (TPSA) is 55.8 Å². The van der Waals surface area contributed by atoms with Gasteiger partial charge in [0.15, 0.2) is 0 Å². The molecular weight excluding hydrogens is 318 g/mol. The van der Waals surface area contributed by atoms with Crippen LogP contribution in [0.1, 0.15) is 52.0 Å². The van der Waals surface area contributed by atoms with E-state index in [4.69, 9.17) is 9.47 Å². The van der Waals surface area contributed by atoms with Gasteiger partial charge in [0.05, 0.1) is 0 Å². The summed E-state index contributed by atoms with van der Waals surface area (Å²) in [6, 6.07) is 9.25. The molecule has 1 atom stereocenters. The van der Waals surface area contributed by atoms with Crippen molar-refractivity contribution in [1.29, 1.82) is 0 Å². The minimum Gasteiger partial charge on any atom is -0.460 e. The quantitative estimate of drug-likeness (QED) is 0.708. The molecule has 1 aliphatic heterocycles. The molecule has 25 heavy (non-hydrogen) atoms. The van der Waals surface area contributed by atoms with Crippen molar-refractivity contribution in [3.8, 4) is 0 Å². The Labute approximate surface area is 150 Å². The van der Waals surface area contributed by atoms with Gasteiger partial charge in [0.2, 0.25) is 0 Å². The first-order chi connectivity index (χ1) is 11.8. The molecule has 5 heteroatoms. The van der Waals surface area contributed by atoms with Gasteiger partial charge in [0.1, 0.15) is 18.2 Å². The van der Waals surface area contributed by atoms with Crippen molar-refractivity contribution in [3.05, 3.63) is 35.9 Å². The van der Waals surface area contributed by atoms with Crippen LogP contribution < -0.4 is 0 Å². The van der Waals surface area contributed by atoms with Crippen molar-refractivity contribution in [2.24, 2.45) is 0 Å². The van der Waals surface area contributed by atoms with Crippen LogP contribution in [0.4, 0.5) is 0 Å². The zero-order valence-corrected chi connectivity index (χ0v) is 15.5. The molecule has 0 aromatic heterocycles. The molecule has 1 aromatic rings. The van der Waals surface area contributed by atoms with E-state index in [2.05, 4.69) is 4.90 Å². The second-order valence-electron chi connectivity index (χ2n) is 7.48. The Kier molecular flexibility index (Phi) is 7.00. The SMILES string of the molecule is CC(C)(C)OC(=O)CCC(C(=O)OCc1ccccc1)N1CCCC1. The van der Waals surface area contributed by atoms with E-state index >= 15 is 0 Å². The Morgan fingerprint density at radius 2 is 1.76 bits per heavy atom. The molecule has 2 rings (SSSR count). The first kappa shape index (κ1) is 19.4. The lowest BCUT2D eigenvalue weighted by Crippen LogP contribution is -2.41. The summed E-state index contributed by atoms with van der Waals surface area (Å²) >= 11 is 0. The number of hydrogen-bond acceptors (Lipinski definition) is 5. The lowest BCUT2D eigenvalue weighted by atomic mass is 10.1. The molecule has 1 fully saturated rings.